The zero-order valence-corrected chi connectivity index (χ0v) is 10.8. The minimum Gasteiger partial charge on any atom is -0.381 e. The predicted octanol–water partition coefficient (Wildman–Crippen LogP) is 1.71. The van der Waals surface area contributed by atoms with Crippen LogP contribution in [-0.4, -0.2) is 37.9 Å². The number of pyridine rings is 1. The Hall–Kier alpha value is -2.34. The maximum Gasteiger partial charge on any atom is 0.157 e. The second-order valence-corrected chi connectivity index (χ2v) is 4.82. The maximum absolute atomic E-state index is 5.40. The molecule has 1 atom stereocenters. The van der Waals surface area contributed by atoms with Gasteiger partial charge in [0.15, 0.2) is 5.82 Å². The third-order valence-corrected chi connectivity index (χ3v) is 3.54. The van der Waals surface area contributed by atoms with Gasteiger partial charge in [-0.15, -0.1) is 0 Å². The Morgan fingerprint density at radius 1 is 1.20 bits per heavy atom. The summed E-state index contributed by atoms with van der Waals surface area (Å²) in [5.41, 5.74) is 0.993. The summed E-state index contributed by atoms with van der Waals surface area (Å²) in [7, 11) is 0. The Balaban J connectivity index is 1.80. The molecule has 1 saturated heterocycles. The standard InChI is InChI=1S/C14H13N5O/c1-4-15-7-11-8-17-19(12(1)11)13-2-5-16-14(18-13)10-3-6-20-9-10/h1-2,4-5,7-8,10H,3,6,9H2. The van der Waals surface area contributed by atoms with Crippen LogP contribution in [0.5, 0.6) is 0 Å². The molecule has 6 nitrogen and oxygen atoms in total. The molecular formula is C14H13N5O. The lowest BCUT2D eigenvalue weighted by Gasteiger charge is -2.08. The van der Waals surface area contributed by atoms with Gasteiger partial charge >= 0.3 is 0 Å². The molecule has 0 radical (unpaired) electrons. The summed E-state index contributed by atoms with van der Waals surface area (Å²) in [5, 5.41) is 5.39. The van der Waals surface area contributed by atoms with Gasteiger partial charge in [-0.3, -0.25) is 4.98 Å². The minimum absolute atomic E-state index is 0.290. The average Bonchev–Trinajstić information content (AvgIpc) is 3.17. The predicted molar refractivity (Wildman–Crippen MR) is 72.6 cm³/mol. The van der Waals surface area contributed by atoms with Gasteiger partial charge in [0.1, 0.15) is 5.82 Å². The molecule has 0 amide bonds. The molecule has 0 spiro atoms. The van der Waals surface area contributed by atoms with Crippen molar-refractivity contribution < 1.29 is 4.74 Å². The molecule has 0 aromatic carbocycles. The van der Waals surface area contributed by atoms with Crippen LogP contribution in [0.3, 0.4) is 0 Å². The first-order valence-electron chi connectivity index (χ1n) is 6.60. The van der Waals surface area contributed by atoms with E-state index in [0.29, 0.717) is 12.5 Å². The van der Waals surface area contributed by atoms with Crippen molar-refractivity contribution >= 4 is 10.9 Å². The zero-order valence-electron chi connectivity index (χ0n) is 10.8. The number of ether oxygens (including phenoxy) is 1. The van der Waals surface area contributed by atoms with E-state index in [9.17, 15) is 0 Å². The van der Waals surface area contributed by atoms with Gasteiger partial charge in [-0.25, -0.2) is 14.6 Å². The highest BCUT2D eigenvalue weighted by atomic mass is 16.5. The van der Waals surface area contributed by atoms with Gasteiger partial charge in [-0.1, -0.05) is 0 Å². The second kappa shape index (κ2) is 4.64. The topological polar surface area (TPSA) is 65.7 Å². The van der Waals surface area contributed by atoms with Gasteiger partial charge in [0.2, 0.25) is 0 Å². The fraction of sp³-hybridized carbons (Fsp3) is 0.286. The van der Waals surface area contributed by atoms with Crippen molar-refractivity contribution in [1.82, 2.24) is 24.7 Å². The highest BCUT2D eigenvalue weighted by molar-refractivity contribution is 5.78. The monoisotopic (exact) mass is 267 g/mol. The molecule has 0 bridgehead atoms. The van der Waals surface area contributed by atoms with E-state index in [4.69, 9.17) is 4.74 Å². The van der Waals surface area contributed by atoms with E-state index < -0.39 is 0 Å². The number of fused-ring (bicyclic) bond motifs is 1. The second-order valence-electron chi connectivity index (χ2n) is 4.82. The van der Waals surface area contributed by atoms with Crippen molar-refractivity contribution in [1.29, 1.82) is 0 Å². The van der Waals surface area contributed by atoms with Crippen LogP contribution >= 0.6 is 0 Å². The van der Waals surface area contributed by atoms with Crippen LogP contribution in [0.1, 0.15) is 18.2 Å². The molecule has 3 aromatic heterocycles. The molecule has 20 heavy (non-hydrogen) atoms. The van der Waals surface area contributed by atoms with Crippen LogP contribution < -0.4 is 0 Å². The molecule has 1 aliphatic rings. The molecular weight excluding hydrogens is 254 g/mol. The summed E-state index contributed by atoms with van der Waals surface area (Å²) in [4.78, 5) is 13.1. The Labute approximate surface area is 115 Å². The smallest absolute Gasteiger partial charge is 0.157 e. The average molecular weight is 267 g/mol. The van der Waals surface area contributed by atoms with Gasteiger partial charge in [-0.2, -0.15) is 5.10 Å². The number of hydrogen-bond acceptors (Lipinski definition) is 5. The first-order chi connectivity index (χ1) is 9.92. The Bertz CT molecular complexity index is 748. The van der Waals surface area contributed by atoms with E-state index in [2.05, 4.69) is 20.1 Å². The minimum atomic E-state index is 0.290. The SMILES string of the molecule is c1cc2c(cn1)cnn2-c1ccnc(C2CCOC2)n1. The lowest BCUT2D eigenvalue weighted by molar-refractivity contribution is 0.193. The van der Waals surface area contributed by atoms with Crippen LogP contribution in [0.4, 0.5) is 0 Å². The molecule has 0 saturated carbocycles. The van der Waals surface area contributed by atoms with Crippen molar-refractivity contribution in [2.24, 2.45) is 0 Å². The number of rotatable bonds is 2. The van der Waals surface area contributed by atoms with Gasteiger partial charge in [-0.05, 0) is 12.5 Å². The van der Waals surface area contributed by atoms with Crippen LogP contribution in [0.2, 0.25) is 0 Å². The maximum atomic E-state index is 5.40. The lowest BCUT2D eigenvalue weighted by Crippen LogP contribution is -2.08. The zero-order chi connectivity index (χ0) is 13.4. The van der Waals surface area contributed by atoms with Crippen molar-refractivity contribution in [3.63, 3.8) is 0 Å². The molecule has 0 N–H and O–H groups in total. The Morgan fingerprint density at radius 3 is 3.10 bits per heavy atom. The Kier molecular flexibility index (Phi) is 2.67. The van der Waals surface area contributed by atoms with E-state index in [1.165, 1.54) is 0 Å². The summed E-state index contributed by atoms with van der Waals surface area (Å²) in [6, 6.07) is 3.80. The van der Waals surface area contributed by atoms with Crippen LogP contribution in [-0.2, 0) is 4.74 Å². The van der Waals surface area contributed by atoms with Crippen LogP contribution in [0.15, 0.2) is 36.9 Å². The van der Waals surface area contributed by atoms with Gasteiger partial charge < -0.3 is 4.74 Å². The van der Waals surface area contributed by atoms with Gasteiger partial charge in [0.05, 0.1) is 18.3 Å². The third kappa shape index (κ3) is 1.85. The molecule has 4 rings (SSSR count). The summed E-state index contributed by atoms with van der Waals surface area (Å²) >= 11 is 0. The van der Waals surface area contributed by atoms with Gasteiger partial charge in [0, 0.05) is 42.6 Å². The highest BCUT2D eigenvalue weighted by Gasteiger charge is 2.21. The number of hydrogen-bond donors (Lipinski definition) is 0. The molecule has 100 valence electrons. The van der Waals surface area contributed by atoms with Crippen molar-refractivity contribution in [3.05, 3.63) is 42.7 Å². The van der Waals surface area contributed by atoms with Crippen molar-refractivity contribution in [2.45, 2.75) is 12.3 Å². The number of nitrogens with zero attached hydrogens (tertiary/aromatic N) is 5. The van der Waals surface area contributed by atoms with E-state index in [0.717, 1.165) is 35.6 Å². The molecule has 4 heterocycles. The molecule has 6 heteroatoms. The van der Waals surface area contributed by atoms with E-state index >= 15 is 0 Å². The first kappa shape index (κ1) is 11.5. The van der Waals surface area contributed by atoms with Gasteiger partial charge in [0.25, 0.3) is 0 Å². The first-order valence-corrected chi connectivity index (χ1v) is 6.60. The Morgan fingerprint density at radius 2 is 2.20 bits per heavy atom. The normalized spacial score (nSPS) is 18.7. The van der Waals surface area contributed by atoms with Crippen LogP contribution in [0.25, 0.3) is 16.7 Å². The largest absolute Gasteiger partial charge is 0.381 e. The fourth-order valence-corrected chi connectivity index (χ4v) is 2.47. The van der Waals surface area contributed by atoms with E-state index in [-0.39, 0.29) is 0 Å². The fourth-order valence-electron chi connectivity index (χ4n) is 2.47. The third-order valence-electron chi connectivity index (χ3n) is 3.54. The highest BCUT2D eigenvalue weighted by Crippen LogP contribution is 2.23. The summed E-state index contributed by atoms with van der Waals surface area (Å²) in [6.07, 6.45) is 8.11. The quantitative estimate of drug-likeness (QED) is 0.707. The number of aromatic nitrogens is 5. The van der Waals surface area contributed by atoms with Crippen LogP contribution in [0, 0.1) is 0 Å². The van der Waals surface area contributed by atoms with E-state index in [1.807, 2.05) is 16.8 Å². The summed E-state index contributed by atoms with van der Waals surface area (Å²) in [5.74, 6) is 1.90. The molecule has 1 unspecified atom stereocenters. The molecule has 0 aliphatic carbocycles. The van der Waals surface area contributed by atoms with Crippen molar-refractivity contribution in [3.8, 4) is 5.82 Å². The molecule has 3 aromatic rings. The van der Waals surface area contributed by atoms with Crippen molar-refractivity contribution in [2.75, 3.05) is 13.2 Å². The lowest BCUT2D eigenvalue weighted by atomic mass is 10.1. The molecule has 1 fully saturated rings. The summed E-state index contributed by atoms with van der Waals surface area (Å²) in [6.45, 7) is 1.49. The van der Waals surface area contributed by atoms with E-state index in [1.54, 1.807) is 24.8 Å². The summed E-state index contributed by atoms with van der Waals surface area (Å²) < 4.78 is 7.22. The molecule has 1 aliphatic heterocycles.